The summed E-state index contributed by atoms with van der Waals surface area (Å²) in [7, 11) is 0. The average Bonchev–Trinajstić information content (AvgIpc) is 2.37. The summed E-state index contributed by atoms with van der Waals surface area (Å²) in [5, 5.41) is 2.68. The van der Waals surface area contributed by atoms with E-state index in [9.17, 15) is 13.6 Å². The van der Waals surface area contributed by atoms with Gasteiger partial charge in [-0.2, -0.15) is 8.78 Å². The predicted octanol–water partition coefficient (Wildman–Crippen LogP) is 2.60. The Kier molecular flexibility index (Phi) is 6.21. The molecule has 0 aliphatic heterocycles. The fraction of sp³-hybridized carbons (Fsp3) is 0.462. The third kappa shape index (κ3) is 6.15. The fourth-order valence-electron chi connectivity index (χ4n) is 1.44. The molecule has 0 radical (unpaired) electrons. The Labute approximate surface area is 110 Å². The van der Waals surface area contributed by atoms with Crippen molar-refractivity contribution in [2.75, 3.05) is 11.9 Å². The second-order valence-corrected chi connectivity index (χ2v) is 4.33. The van der Waals surface area contributed by atoms with Gasteiger partial charge in [0, 0.05) is 12.1 Å². The number of anilines is 1. The van der Waals surface area contributed by atoms with Crippen molar-refractivity contribution in [1.29, 1.82) is 0 Å². The molecular weight excluding hydrogens is 254 g/mol. The van der Waals surface area contributed by atoms with Crippen molar-refractivity contribution in [3.05, 3.63) is 24.3 Å². The lowest BCUT2D eigenvalue weighted by atomic mass is 10.1. The molecule has 1 aromatic carbocycles. The molecule has 1 amide bonds. The van der Waals surface area contributed by atoms with Crippen LogP contribution < -0.4 is 15.8 Å². The number of ether oxygens (including phenoxy) is 1. The second kappa shape index (κ2) is 7.68. The molecule has 0 fully saturated rings. The van der Waals surface area contributed by atoms with E-state index in [0.717, 1.165) is 6.42 Å². The fourth-order valence-corrected chi connectivity index (χ4v) is 1.44. The Balaban J connectivity index is 2.42. The standard InChI is InChI=1S/C13H18F2N2O2/c1-9(8-16)2-7-12(18)17-10-3-5-11(6-4-10)19-13(14)15/h3-6,9,13H,2,7-8,16H2,1H3,(H,17,18). The molecule has 0 aromatic heterocycles. The molecule has 0 bridgehead atoms. The quantitative estimate of drug-likeness (QED) is 0.802. The van der Waals surface area contributed by atoms with Crippen LogP contribution in [0.1, 0.15) is 19.8 Å². The van der Waals surface area contributed by atoms with Crippen LogP contribution in [0, 0.1) is 5.92 Å². The molecule has 1 rings (SSSR count). The number of hydrogen-bond acceptors (Lipinski definition) is 3. The first-order valence-electron chi connectivity index (χ1n) is 6.06. The number of rotatable bonds is 7. The molecule has 1 atom stereocenters. The van der Waals surface area contributed by atoms with Crippen molar-refractivity contribution >= 4 is 11.6 Å². The highest BCUT2D eigenvalue weighted by atomic mass is 19.3. The van der Waals surface area contributed by atoms with Gasteiger partial charge in [0.05, 0.1) is 0 Å². The first-order valence-corrected chi connectivity index (χ1v) is 6.06. The molecule has 19 heavy (non-hydrogen) atoms. The zero-order valence-electron chi connectivity index (χ0n) is 10.7. The Morgan fingerprint density at radius 3 is 2.53 bits per heavy atom. The van der Waals surface area contributed by atoms with Crippen molar-refractivity contribution in [3.63, 3.8) is 0 Å². The number of hydrogen-bond donors (Lipinski definition) is 2. The molecule has 1 unspecified atom stereocenters. The minimum absolute atomic E-state index is 0.0600. The van der Waals surface area contributed by atoms with E-state index in [-0.39, 0.29) is 11.7 Å². The summed E-state index contributed by atoms with van der Waals surface area (Å²) in [6, 6.07) is 5.79. The van der Waals surface area contributed by atoms with Crippen LogP contribution in [0.15, 0.2) is 24.3 Å². The molecule has 106 valence electrons. The number of carbonyl (C=O) groups excluding carboxylic acids is 1. The lowest BCUT2D eigenvalue weighted by Crippen LogP contribution is -2.16. The molecule has 0 saturated heterocycles. The average molecular weight is 272 g/mol. The van der Waals surface area contributed by atoms with Crippen molar-refractivity contribution in [3.8, 4) is 5.75 Å². The lowest BCUT2D eigenvalue weighted by molar-refractivity contribution is -0.116. The van der Waals surface area contributed by atoms with Crippen LogP contribution in [0.5, 0.6) is 5.75 Å². The molecule has 3 N–H and O–H groups in total. The van der Waals surface area contributed by atoms with Crippen LogP contribution in [0.4, 0.5) is 14.5 Å². The first kappa shape index (κ1) is 15.4. The summed E-state index contributed by atoms with van der Waals surface area (Å²) in [6.07, 6.45) is 1.10. The van der Waals surface area contributed by atoms with Gasteiger partial charge in [0.15, 0.2) is 0 Å². The molecule has 0 spiro atoms. The summed E-state index contributed by atoms with van der Waals surface area (Å²) in [4.78, 5) is 11.6. The van der Waals surface area contributed by atoms with Gasteiger partial charge in [-0.25, -0.2) is 0 Å². The monoisotopic (exact) mass is 272 g/mol. The van der Waals surface area contributed by atoms with Gasteiger partial charge in [0.25, 0.3) is 0 Å². The summed E-state index contributed by atoms with van der Waals surface area (Å²) in [5.41, 5.74) is 6.01. The Bertz CT molecular complexity index is 396. The highest BCUT2D eigenvalue weighted by Crippen LogP contribution is 2.18. The van der Waals surface area contributed by atoms with E-state index in [1.165, 1.54) is 24.3 Å². The molecule has 0 heterocycles. The summed E-state index contributed by atoms with van der Waals surface area (Å²) < 4.78 is 28.1. The van der Waals surface area contributed by atoms with Crippen molar-refractivity contribution in [2.24, 2.45) is 11.7 Å². The van der Waals surface area contributed by atoms with E-state index in [1.54, 1.807) is 0 Å². The molecule has 1 aromatic rings. The minimum Gasteiger partial charge on any atom is -0.435 e. The number of alkyl halides is 2. The Hall–Kier alpha value is -1.69. The van der Waals surface area contributed by atoms with Gasteiger partial charge in [-0.15, -0.1) is 0 Å². The van der Waals surface area contributed by atoms with Gasteiger partial charge >= 0.3 is 6.61 Å². The van der Waals surface area contributed by atoms with Crippen LogP contribution >= 0.6 is 0 Å². The van der Waals surface area contributed by atoms with Gasteiger partial charge in [-0.1, -0.05) is 6.92 Å². The van der Waals surface area contributed by atoms with Crippen LogP contribution in [0.2, 0.25) is 0 Å². The van der Waals surface area contributed by atoms with E-state index in [1.807, 2.05) is 6.92 Å². The highest BCUT2D eigenvalue weighted by Gasteiger charge is 2.07. The van der Waals surface area contributed by atoms with E-state index in [0.29, 0.717) is 24.6 Å². The van der Waals surface area contributed by atoms with Gasteiger partial charge in [-0.3, -0.25) is 4.79 Å². The molecular formula is C13H18F2N2O2. The van der Waals surface area contributed by atoms with Gasteiger partial charge in [0.2, 0.25) is 5.91 Å². The number of nitrogens with two attached hydrogens (primary N) is 1. The topological polar surface area (TPSA) is 64.4 Å². The van der Waals surface area contributed by atoms with E-state index >= 15 is 0 Å². The zero-order chi connectivity index (χ0) is 14.3. The second-order valence-electron chi connectivity index (χ2n) is 4.33. The lowest BCUT2D eigenvalue weighted by Gasteiger charge is -2.09. The Morgan fingerprint density at radius 2 is 2.00 bits per heavy atom. The van der Waals surface area contributed by atoms with Crippen molar-refractivity contribution in [1.82, 2.24) is 0 Å². The normalized spacial score (nSPS) is 12.3. The van der Waals surface area contributed by atoms with Gasteiger partial charge in [0.1, 0.15) is 5.75 Å². The predicted molar refractivity (Wildman–Crippen MR) is 69.2 cm³/mol. The third-order valence-corrected chi connectivity index (χ3v) is 2.63. The molecule has 4 nitrogen and oxygen atoms in total. The van der Waals surface area contributed by atoms with E-state index < -0.39 is 6.61 Å². The number of benzene rings is 1. The zero-order valence-corrected chi connectivity index (χ0v) is 10.7. The summed E-state index contributed by atoms with van der Waals surface area (Å²) in [6.45, 7) is -0.324. The minimum atomic E-state index is -2.85. The molecule has 0 aliphatic rings. The molecule has 0 aliphatic carbocycles. The number of amides is 1. The maximum absolute atomic E-state index is 11.9. The third-order valence-electron chi connectivity index (χ3n) is 2.63. The van der Waals surface area contributed by atoms with Crippen LogP contribution in [-0.4, -0.2) is 19.1 Å². The first-order chi connectivity index (χ1) is 9.01. The van der Waals surface area contributed by atoms with Gasteiger partial charge < -0.3 is 15.8 Å². The molecule has 0 saturated carbocycles. The summed E-state index contributed by atoms with van der Waals surface area (Å²) in [5.74, 6) is 0.236. The maximum atomic E-state index is 11.9. The van der Waals surface area contributed by atoms with E-state index in [2.05, 4.69) is 10.1 Å². The number of halogens is 2. The van der Waals surface area contributed by atoms with Gasteiger partial charge in [-0.05, 0) is 43.1 Å². The smallest absolute Gasteiger partial charge is 0.387 e. The highest BCUT2D eigenvalue weighted by molar-refractivity contribution is 5.90. The summed E-state index contributed by atoms with van der Waals surface area (Å²) >= 11 is 0. The maximum Gasteiger partial charge on any atom is 0.387 e. The largest absolute Gasteiger partial charge is 0.435 e. The van der Waals surface area contributed by atoms with Crippen molar-refractivity contribution in [2.45, 2.75) is 26.4 Å². The van der Waals surface area contributed by atoms with Crippen LogP contribution in [0.25, 0.3) is 0 Å². The van der Waals surface area contributed by atoms with Crippen LogP contribution in [0.3, 0.4) is 0 Å². The van der Waals surface area contributed by atoms with E-state index in [4.69, 9.17) is 5.73 Å². The molecule has 6 heteroatoms. The SMILES string of the molecule is CC(CN)CCC(=O)Nc1ccc(OC(F)F)cc1. The van der Waals surface area contributed by atoms with Crippen LogP contribution in [-0.2, 0) is 4.79 Å². The number of carbonyl (C=O) groups is 1. The van der Waals surface area contributed by atoms with Crippen molar-refractivity contribution < 1.29 is 18.3 Å². The Morgan fingerprint density at radius 1 is 1.37 bits per heavy atom. The number of nitrogens with one attached hydrogen (secondary N) is 1.